The Balaban J connectivity index is 1.96. The smallest absolute Gasteiger partial charge is 0.419 e. The van der Waals surface area contributed by atoms with Crippen molar-refractivity contribution < 1.29 is 24.2 Å². The van der Waals surface area contributed by atoms with Gasteiger partial charge in [0.25, 0.3) is 0 Å². The van der Waals surface area contributed by atoms with Gasteiger partial charge >= 0.3 is 12.1 Å². The van der Waals surface area contributed by atoms with Crippen LogP contribution >= 0.6 is 0 Å². The van der Waals surface area contributed by atoms with Crippen molar-refractivity contribution in [2.75, 3.05) is 6.54 Å². The molecular formula is C25H32N2O5. The highest BCUT2D eigenvalue weighted by atomic mass is 16.6. The van der Waals surface area contributed by atoms with E-state index in [1.807, 2.05) is 49.9 Å². The van der Waals surface area contributed by atoms with Crippen LogP contribution in [0, 0.1) is 5.41 Å². The first-order chi connectivity index (χ1) is 15.1. The van der Waals surface area contributed by atoms with E-state index >= 15 is 0 Å². The SMILES string of the molecule is CC[C@]1(CCC(=O)O)CCC(=O)N2CCc3c(n(C(=O)OC(C)(C)C)c4ccccc34)[C@H]21. The van der Waals surface area contributed by atoms with Gasteiger partial charge in [0, 0.05) is 24.8 Å². The van der Waals surface area contributed by atoms with Crippen LogP contribution in [-0.2, 0) is 20.7 Å². The molecule has 3 heterocycles. The summed E-state index contributed by atoms with van der Waals surface area (Å²) in [6.45, 7) is 8.15. The van der Waals surface area contributed by atoms with Gasteiger partial charge in [-0.3, -0.25) is 9.59 Å². The Bertz CT molecular complexity index is 1080. The minimum absolute atomic E-state index is 0.0361. The van der Waals surface area contributed by atoms with Gasteiger partial charge in [-0.05, 0) is 63.5 Å². The quantitative estimate of drug-likeness (QED) is 0.730. The van der Waals surface area contributed by atoms with Crippen molar-refractivity contribution in [2.24, 2.45) is 5.41 Å². The van der Waals surface area contributed by atoms with Gasteiger partial charge in [0.05, 0.1) is 17.3 Å². The molecule has 7 heteroatoms. The molecule has 1 saturated heterocycles. The van der Waals surface area contributed by atoms with Crippen molar-refractivity contribution in [2.45, 2.75) is 77.9 Å². The highest BCUT2D eigenvalue weighted by molar-refractivity contribution is 5.95. The summed E-state index contributed by atoms with van der Waals surface area (Å²) in [6, 6.07) is 7.43. The number of fused-ring (bicyclic) bond motifs is 5. The summed E-state index contributed by atoms with van der Waals surface area (Å²) in [7, 11) is 0. The van der Waals surface area contributed by atoms with E-state index in [-0.39, 0.29) is 18.4 Å². The van der Waals surface area contributed by atoms with Crippen LogP contribution in [0.3, 0.4) is 0 Å². The average molecular weight is 441 g/mol. The lowest BCUT2D eigenvalue weighted by Gasteiger charge is -2.52. The van der Waals surface area contributed by atoms with E-state index in [4.69, 9.17) is 4.74 Å². The van der Waals surface area contributed by atoms with Crippen molar-refractivity contribution in [1.29, 1.82) is 0 Å². The highest BCUT2D eigenvalue weighted by Gasteiger charge is 2.51. The predicted octanol–water partition coefficient (Wildman–Crippen LogP) is 4.91. The van der Waals surface area contributed by atoms with E-state index in [2.05, 4.69) is 6.92 Å². The first-order valence-electron chi connectivity index (χ1n) is 11.4. The second-order valence-corrected chi connectivity index (χ2v) is 10.0. The first kappa shape index (κ1) is 22.4. The van der Waals surface area contributed by atoms with Gasteiger partial charge in [-0.15, -0.1) is 0 Å². The number of para-hydroxylation sites is 1. The molecule has 1 fully saturated rings. The maximum atomic E-state index is 13.5. The molecular weight excluding hydrogens is 408 g/mol. The van der Waals surface area contributed by atoms with E-state index < -0.39 is 23.1 Å². The van der Waals surface area contributed by atoms with Crippen LogP contribution in [0.4, 0.5) is 4.79 Å². The fourth-order valence-electron chi connectivity index (χ4n) is 5.58. The number of carbonyl (C=O) groups excluding carboxylic acids is 2. The predicted molar refractivity (Wildman–Crippen MR) is 121 cm³/mol. The van der Waals surface area contributed by atoms with Crippen LogP contribution < -0.4 is 0 Å². The summed E-state index contributed by atoms with van der Waals surface area (Å²) in [6.07, 6.45) is 2.45. The number of amides is 1. The van der Waals surface area contributed by atoms with Crippen LogP contribution in [0.5, 0.6) is 0 Å². The number of nitrogens with zero attached hydrogens (tertiary/aromatic N) is 2. The normalized spacial score (nSPS) is 23.1. The molecule has 2 aliphatic heterocycles. The maximum Gasteiger partial charge on any atom is 0.419 e. The van der Waals surface area contributed by atoms with E-state index in [0.29, 0.717) is 32.2 Å². The number of piperidine rings is 1. The molecule has 172 valence electrons. The summed E-state index contributed by atoms with van der Waals surface area (Å²) in [5, 5.41) is 10.4. The van der Waals surface area contributed by atoms with Gasteiger partial charge in [0.1, 0.15) is 5.60 Å². The van der Waals surface area contributed by atoms with Crippen LogP contribution in [0.25, 0.3) is 10.9 Å². The zero-order valence-corrected chi connectivity index (χ0v) is 19.3. The number of aliphatic carboxylic acids is 1. The maximum absolute atomic E-state index is 13.5. The molecule has 0 spiro atoms. The Labute approximate surface area is 188 Å². The lowest BCUT2D eigenvalue weighted by molar-refractivity contribution is -0.147. The van der Waals surface area contributed by atoms with Crippen molar-refractivity contribution >= 4 is 28.9 Å². The third-order valence-corrected chi connectivity index (χ3v) is 7.05. The summed E-state index contributed by atoms with van der Waals surface area (Å²) in [5.41, 5.74) is 1.56. The van der Waals surface area contributed by atoms with E-state index in [1.165, 1.54) is 0 Å². The fraction of sp³-hybridized carbons (Fsp3) is 0.560. The summed E-state index contributed by atoms with van der Waals surface area (Å²) in [5.74, 6) is -0.772. The van der Waals surface area contributed by atoms with Crippen LogP contribution in [0.2, 0.25) is 0 Å². The lowest BCUT2D eigenvalue weighted by Crippen LogP contribution is -2.53. The van der Waals surface area contributed by atoms with Gasteiger partial charge in [-0.2, -0.15) is 0 Å². The van der Waals surface area contributed by atoms with Gasteiger partial charge in [-0.1, -0.05) is 25.1 Å². The minimum Gasteiger partial charge on any atom is -0.481 e. The Morgan fingerprint density at radius 3 is 2.59 bits per heavy atom. The molecule has 0 bridgehead atoms. The molecule has 0 saturated carbocycles. The molecule has 1 aromatic heterocycles. The zero-order valence-electron chi connectivity index (χ0n) is 19.3. The van der Waals surface area contributed by atoms with Crippen LogP contribution in [0.15, 0.2) is 24.3 Å². The molecule has 2 aliphatic rings. The zero-order chi connectivity index (χ0) is 23.3. The number of rotatable bonds is 4. The number of benzene rings is 1. The molecule has 1 amide bonds. The topological polar surface area (TPSA) is 88.8 Å². The number of hydrogen-bond acceptors (Lipinski definition) is 4. The summed E-state index contributed by atoms with van der Waals surface area (Å²) >= 11 is 0. The molecule has 1 aromatic carbocycles. The molecule has 0 aliphatic carbocycles. The largest absolute Gasteiger partial charge is 0.481 e. The average Bonchev–Trinajstić information content (AvgIpc) is 3.07. The monoisotopic (exact) mass is 440 g/mol. The molecule has 4 rings (SSSR count). The van der Waals surface area contributed by atoms with Gasteiger partial charge in [-0.25, -0.2) is 9.36 Å². The van der Waals surface area contributed by atoms with E-state index in [1.54, 1.807) is 4.57 Å². The third kappa shape index (κ3) is 3.67. The van der Waals surface area contributed by atoms with Crippen LogP contribution in [0.1, 0.15) is 77.1 Å². The number of ether oxygens (including phenoxy) is 1. The number of carboxylic acids is 1. The lowest BCUT2D eigenvalue weighted by atomic mass is 9.65. The van der Waals surface area contributed by atoms with Crippen molar-refractivity contribution in [3.63, 3.8) is 0 Å². The van der Waals surface area contributed by atoms with Crippen molar-refractivity contribution in [3.8, 4) is 0 Å². The molecule has 2 aromatic rings. The first-order valence-corrected chi connectivity index (χ1v) is 11.4. The molecule has 0 unspecified atom stereocenters. The second kappa shape index (κ2) is 7.94. The number of carbonyl (C=O) groups is 3. The van der Waals surface area contributed by atoms with Crippen LogP contribution in [-0.4, -0.2) is 44.7 Å². The highest BCUT2D eigenvalue weighted by Crippen LogP contribution is 2.55. The molecule has 0 radical (unpaired) electrons. The molecule has 32 heavy (non-hydrogen) atoms. The molecule has 2 atom stereocenters. The molecule has 1 N–H and O–H groups in total. The van der Waals surface area contributed by atoms with Crippen molar-refractivity contribution in [3.05, 3.63) is 35.5 Å². The fourth-order valence-corrected chi connectivity index (χ4v) is 5.58. The minimum atomic E-state index is -0.843. The Kier molecular flexibility index (Phi) is 5.55. The number of carboxylic acid groups (broad SMARTS) is 1. The Morgan fingerprint density at radius 1 is 1.22 bits per heavy atom. The Hall–Kier alpha value is -2.83. The van der Waals surface area contributed by atoms with Gasteiger partial charge < -0.3 is 14.7 Å². The molecule has 7 nitrogen and oxygen atoms in total. The standard InChI is InChI=1S/C25H32N2O5/c1-5-25(14-11-20(29)30)13-10-19(28)26-15-12-17-16-8-6-7-9-18(16)27(21(17)22(25)26)23(31)32-24(2,3)4/h6-9,22H,5,10-15H2,1-4H3,(H,29,30)/t22-,25+/m0/s1. The van der Waals surface area contributed by atoms with Gasteiger partial charge in [0.15, 0.2) is 0 Å². The van der Waals surface area contributed by atoms with Crippen molar-refractivity contribution in [1.82, 2.24) is 9.47 Å². The van der Waals surface area contributed by atoms with E-state index in [0.717, 1.165) is 28.6 Å². The van der Waals surface area contributed by atoms with E-state index in [9.17, 15) is 19.5 Å². The number of hydrogen-bond donors (Lipinski definition) is 1. The second-order valence-electron chi connectivity index (χ2n) is 10.0. The summed E-state index contributed by atoms with van der Waals surface area (Å²) in [4.78, 5) is 39.8. The third-order valence-electron chi connectivity index (χ3n) is 7.05. The van der Waals surface area contributed by atoms with Gasteiger partial charge in [0.2, 0.25) is 5.91 Å². The summed E-state index contributed by atoms with van der Waals surface area (Å²) < 4.78 is 7.44. The Morgan fingerprint density at radius 2 is 1.94 bits per heavy atom. The number of aromatic nitrogens is 1.